The number of Topliss-reactive ketones (excluding diaryl/α,β-unsaturated/α-hetero) is 1. The Bertz CT molecular complexity index is 916. The van der Waals surface area contributed by atoms with Crippen LogP contribution in [0.15, 0.2) is 49.1 Å². The molecule has 0 saturated carbocycles. The van der Waals surface area contributed by atoms with Gasteiger partial charge in [-0.2, -0.15) is 0 Å². The number of ether oxygens (including phenoxy) is 1. The van der Waals surface area contributed by atoms with Gasteiger partial charge in [-0.1, -0.05) is 38.1 Å². The molecule has 2 rings (SSSR count). The number of esters is 1. The zero-order valence-corrected chi connectivity index (χ0v) is 17.9. The van der Waals surface area contributed by atoms with E-state index in [-0.39, 0.29) is 18.3 Å². The Labute approximate surface area is 177 Å². The number of hydrogen-bond donors (Lipinski definition) is 2. The van der Waals surface area contributed by atoms with Crippen LogP contribution in [-0.2, 0) is 16.1 Å². The van der Waals surface area contributed by atoms with E-state index in [0.29, 0.717) is 17.8 Å². The van der Waals surface area contributed by atoms with E-state index in [9.17, 15) is 14.4 Å². The molecular formula is C23H29N3O4. The van der Waals surface area contributed by atoms with E-state index in [0.717, 1.165) is 11.4 Å². The van der Waals surface area contributed by atoms with Crippen molar-refractivity contribution in [3.63, 3.8) is 0 Å². The quantitative estimate of drug-likeness (QED) is 0.372. The van der Waals surface area contributed by atoms with E-state index in [1.807, 2.05) is 24.5 Å². The van der Waals surface area contributed by atoms with Crippen molar-refractivity contribution in [3.05, 3.63) is 66.0 Å². The molecule has 1 aromatic heterocycles. The van der Waals surface area contributed by atoms with E-state index in [1.165, 1.54) is 0 Å². The number of ketones is 1. The number of rotatable bonds is 9. The van der Waals surface area contributed by atoms with Gasteiger partial charge in [0, 0.05) is 29.2 Å². The minimum Gasteiger partial charge on any atom is -0.456 e. The molecule has 7 heteroatoms. The monoisotopic (exact) mass is 411 g/mol. The van der Waals surface area contributed by atoms with Gasteiger partial charge in [0.2, 0.25) is 5.78 Å². The number of para-hydroxylation sites is 1. The number of aryl methyl sites for hydroxylation is 1. The van der Waals surface area contributed by atoms with Crippen molar-refractivity contribution in [2.45, 2.75) is 40.3 Å². The minimum atomic E-state index is -0.880. The highest BCUT2D eigenvalue weighted by Crippen LogP contribution is 2.16. The van der Waals surface area contributed by atoms with Gasteiger partial charge in [-0.15, -0.1) is 6.58 Å². The van der Waals surface area contributed by atoms with Crippen LogP contribution in [-0.4, -0.2) is 35.0 Å². The van der Waals surface area contributed by atoms with Crippen LogP contribution in [0.25, 0.3) is 0 Å². The average Bonchev–Trinajstić information content (AvgIpc) is 2.99. The van der Waals surface area contributed by atoms with E-state index >= 15 is 0 Å². The van der Waals surface area contributed by atoms with Crippen molar-refractivity contribution in [2.75, 3.05) is 11.9 Å². The summed E-state index contributed by atoms with van der Waals surface area (Å²) < 4.78 is 7.20. The number of carbonyl (C=O) groups is 3. The molecule has 2 aromatic rings. The van der Waals surface area contributed by atoms with Crippen LogP contribution in [0.1, 0.15) is 35.6 Å². The Kier molecular flexibility index (Phi) is 7.98. The largest absolute Gasteiger partial charge is 0.456 e. The second-order valence-electron chi connectivity index (χ2n) is 7.40. The predicted molar refractivity (Wildman–Crippen MR) is 117 cm³/mol. The molecule has 1 aromatic carbocycles. The third kappa shape index (κ3) is 5.83. The molecule has 0 unspecified atom stereocenters. The van der Waals surface area contributed by atoms with E-state index in [4.69, 9.17) is 4.74 Å². The fourth-order valence-electron chi connectivity index (χ4n) is 3.13. The predicted octanol–water partition coefficient (Wildman–Crippen LogP) is 3.86. The molecule has 0 radical (unpaired) electrons. The van der Waals surface area contributed by atoms with Gasteiger partial charge >= 0.3 is 12.0 Å². The Morgan fingerprint density at radius 2 is 1.83 bits per heavy atom. The fraction of sp³-hybridized carbons (Fsp3) is 0.348. The fourth-order valence-corrected chi connectivity index (χ4v) is 3.13. The zero-order chi connectivity index (χ0) is 22.3. The molecule has 1 atom stereocenters. The maximum Gasteiger partial charge on any atom is 0.329 e. The second kappa shape index (κ2) is 10.4. The molecule has 0 saturated heterocycles. The zero-order valence-electron chi connectivity index (χ0n) is 17.9. The van der Waals surface area contributed by atoms with E-state index in [1.54, 1.807) is 50.3 Å². The molecule has 1 heterocycles. The van der Waals surface area contributed by atoms with Crippen molar-refractivity contribution < 1.29 is 19.1 Å². The highest BCUT2D eigenvalue weighted by molar-refractivity contribution is 5.99. The van der Waals surface area contributed by atoms with Crippen molar-refractivity contribution >= 4 is 23.5 Å². The Morgan fingerprint density at radius 3 is 2.43 bits per heavy atom. The lowest BCUT2D eigenvalue weighted by molar-refractivity contribution is -0.145. The number of aromatic nitrogens is 1. The third-order valence-corrected chi connectivity index (χ3v) is 4.77. The molecule has 160 valence electrons. The summed E-state index contributed by atoms with van der Waals surface area (Å²) in [5.41, 5.74) is 2.85. The summed E-state index contributed by atoms with van der Waals surface area (Å²) in [5.74, 6) is -1.16. The minimum absolute atomic E-state index is 0.216. The first-order valence-corrected chi connectivity index (χ1v) is 9.84. The lowest BCUT2D eigenvalue weighted by Crippen LogP contribution is -2.47. The van der Waals surface area contributed by atoms with Crippen LogP contribution in [0.4, 0.5) is 10.5 Å². The first-order valence-electron chi connectivity index (χ1n) is 9.84. The van der Waals surface area contributed by atoms with Crippen molar-refractivity contribution in [3.8, 4) is 0 Å². The molecule has 0 fully saturated rings. The third-order valence-electron chi connectivity index (χ3n) is 4.77. The standard InChI is InChI=1S/C23H29N3O4/c1-6-12-26-16(4)13-19(17(26)5)20(27)14-30-22(28)21(15(2)3)25-23(29)24-18-10-8-7-9-11-18/h6-11,13,15,21H,1,12,14H2,2-5H3,(H2,24,25,29)/t21-/m1/s1. The van der Waals surface area contributed by atoms with Gasteiger partial charge in [0.1, 0.15) is 6.04 Å². The molecule has 0 aliphatic carbocycles. The number of benzene rings is 1. The summed E-state index contributed by atoms with van der Waals surface area (Å²) in [6.45, 7) is 11.3. The van der Waals surface area contributed by atoms with Gasteiger partial charge < -0.3 is 19.9 Å². The summed E-state index contributed by atoms with van der Waals surface area (Å²) >= 11 is 0. The van der Waals surface area contributed by atoms with Crippen LogP contribution in [0.3, 0.4) is 0 Å². The smallest absolute Gasteiger partial charge is 0.329 e. The van der Waals surface area contributed by atoms with Gasteiger partial charge in [0.25, 0.3) is 0 Å². The summed E-state index contributed by atoms with van der Waals surface area (Å²) in [4.78, 5) is 37.3. The molecule has 2 N–H and O–H groups in total. The summed E-state index contributed by atoms with van der Waals surface area (Å²) in [6, 6.07) is 9.28. The number of nitrogens with zero attached hydrogens (tertiary/aromatic N) is 1. The van der Waals surface area contributed by atoms with Crippen LogP contribution in [0.5, 0.6) is 0 Å². The molecule has 2 amide bonds. The average molecular weight is 412 g/mol. The Balaban J connectivity index is 1.98. The number of allylic oxidation sites excluding steroid dienone is 1. The van der Waals surface area contributed by atoms with Crippen molar-refractivity contribution in [1.82, 2.24) is 9.88 Å². The number of nitrogens with one attached hydrogen (secondary N) is 2. The summed E-state index contributed by atoms with van der Waals surface area (Å²) in [7, 11) is 0. The lowest BCUT2D eigenvalue weighted by Gasteiger charge is -2.21. The first kappa shape index (κ1) is 22.9. The van der Waals surface area contributed by atoms with E-state index in [2.05, 4.69) is 17.2 Å². The van der Waals surface area contributed by atoms with Gasteiger partial charge in [0.05, 0.1) is 0 Å². The highest BCUT2D eigenvalue weighted by Gasteiger charge is 2.27. The SMILES string of the molecule is C=CCn1c(C)cc(C(=O)COC(=O)[C@H](NC(=O)Nc2ccccc2)C(C)C)c1C. The number of amides is 2. The van der Waals surface area contributed by atoms with Crippen molar-refractivity contribution in [2.24, 2.45) is 5.92 Å². The molecule has 30 heavy (non-hydrogen) atoms. The van der Waals surface area contributed by atoms with Gasteiger partial charge in [-0.3, -0.25) is 4.79 Å². The highest BCUT2D eigenvalue weighted by atomic mass is 16.5. The Morgan fingerprint density at radius 1 is 1.17 bits per heavy atom. The maximum absolute atomic E-state index is 12.6. The summed E-state index contributed by atoms with van der Waals surface area (Å²) in [5, 5.41) is 5.28. The molecule has 0 aliphatic rings. The molecule has 0 bridgehead atoms. The molecule has 0 aliphatic heterocycles. The van der Waals surface area contributed by atoms with Crippen molar-refractivity contribution in [1.29, 1.82) is 0 Å². The lowest BCUT2D eigenvalue weighted by atomic mass is 10.1. The molecule has 0 spiro atoms. The van der Waals surface area contributed by atoms with Crippen LogP contribution in [0, 0.1) is 19.8 Å². The van der Waals surface area contributed by atoms with E-state index < -0.39 is 18.0 Å². The normalized spacial score (nSPS) is 11.6. The second-order valence-corrected chi connectivity index (χ2v) is 7.40. The topological polar surface area (TPSA) is 89.4 Å². The molecular weight excluding hydrogens is 382 g/mol. The Hall–Kier alpha value is -3.35. The van der Waals surface area contributed by atoms with Crippen LogP contribution < -0.4 is 10.6 Å². The number of urea groups is 1. The maximum atomic E-state index is 12.6. The van der Waals surface area contributed by atoms with Crippen LogP contribution in [0.2, 0.25) is 0 Å². The number of hydrogen-bond acceptors (Lipinski definition) is 4. The molecule has 7 nitrogen and oxygen atoms in total. The number of anilines is 1. The number of carbonyl (C=O) groups excluding carboxylic acids is 3. The van der Waals surface area contributed by atoms with Gasteiger partial charge in [0.15, 0.2) is 6.61 Å². The van der Waals surface area contributed by atoms with Crippen LogP contribution >= 0.6 is 0 Å². The first-order chi connectivity index (χ1) is 14.2. The van der Waals surface area contributed by atoms with Gasteiger partial charge in [-0.25, -0.2) is 9.59 Å². The summed E-state index contributed by atoms with van der Waals surface area (Å²) in [6.07, 6.45) is 1.76. The van der Waals surface area contributed by atoms with Gasteiger partial charge in [-0.05, 0) is 38.0 Å².